The fourth-order valence-corrected chi connectivity index (χ4v) is 1.79. The molecule has 1 heterocycles. The SMILES string of the molecule is CC(C(=O)NC(C)(C#N)C(C)C)N1CCOCC1. The zero-order valence-electron chi connectivity index (χ0n) is 11.7. The Kier molecular flexibility index (Phi) is 5.12. The normalized spacial score (nSPS) is 22.0. The molecule has 102 valence electrons. The molecule has 1 fully saturated rings. The van der Waals surface area contributed by atoms with E-state index in [9.17, 15) is 10.1 Å². The van der Waals surface area contributed by atoms with E-state index in [1.807, 2.05) is 20.8 Å². The van der Waals surface area contributed by atoms with Gasteiger partial charge >= 0.3 is 0 Å². The lowest BCUT2D eigenvalue weighted by Gasteiger charge is -2.34. The molecule has 1 N–H and O–H groups in total. The van der Waals surface area contributed by atoms with Crippen LogP contribution in [0.5, 0.6) is 0 Å². The molecule has 0 aromatic rings. The van der Waals surface area contributed by atoms with E-state index < -0.39 is 5.54 Å². The number of carbonyl (C=O) groups is 1. The average Bonchev–Trinajstić information content (AvgIpc) is 2.38. The van der Waals surface area contributed by atoms with E-state index in [2.05, 4.69) is 16.3 Å². The van der Waals surface area contributed by atoms with Gasteiger partial charge in [-0.25, -0.2) is 0 Å². The maximum absolute atomic E-state index is 12.2. The smallest absolute Gasteiger partial charge is 0.238 e. The molecule has 0 aromatic carbocycles. The van der Waals surface area contributed by atoms with E-state index in [0.29, 0.717) is 13.2 Å². The van der Waals surface area contributed by atoms with Crippen LogP contribution in [-0.4, -0.2) is 48.7 Å². The monoisotopic (exact) mass is 253 g/mol. The second kappa shape index (κ2) is 6.17. The highest BCUT2D eigenvalue weighted by molar-refractivity contribution is 5.82. The van der Waals surface area contributed by atoms with Crippen LogP contribution in [0.15, 0.2) is 0 Å². The standard InChI is InChI=1S/C13H23N3O2/c1-10(2)13(4,9-14)15-12(17)11(3)16-5-7-18-8-6-16/h10-11H,5-8H2,1-4H3,(H,15,17). The van der Waals surface area contributed by atoms with Gasteiger partial charge in [0.2, 0.25) is 5.91 Å². The van der Waals surface area contributed by atoms with Crippen molar-refractivity contribution in [1.82, 2.24) is 10.2 Å². The lowest BCUT2D eigenvalue weighted by molar-refractivity contribution is -0.129. The number of hydrogen-bond donors (Lipinski definition) is 1. The summed E-state index contributed by atoms with van der Waals surface area (Å²) < 4.78 is 5.26. The number of nitrogens with one attached hydrogen (secondary N) is 1. The number of carbonyl (C=O) groups excluding carboxylic acids is 1. The van der Waals surface area contributed by atoms with Crippen LogP contribution in [0.3, 0.4) is 0 Å². The number of nitriles is 1. The van der Waals surface area contributed by atoms with Crippen molar-refractivity contribution >= 4 is 5.91 Å². The number of rotatable bonds is 4. The van der Waals surface area contributed by atoms with Gasteiger partial charge in [-0.05, 0) is 19.8 Å². The van der Waals surface area contributed by atoms with Gasteiger partial charge in [0.05, 0.1) is 25.3 Å². The molecule has 1 aliphatic rings. The third kappa shape index (κ3) is 3.44. The van der Waals surface area contributed by atoms with Crippen LogP contribution in [0.25, 0.3) is 0 Å². The zero-order valence-corrected chi connectivity index (χ0v) is 11.7. The van der Waals surface area contributed by atoms with Crippen molar-refractivity contribution in [3.05, 3.63) is 0 Å². The Labute approximate surface area is 109 Å². The van der Waals surface area contributed by atoms with Crippen molar-refractivity contribution < 1.29 is 9.53 Å². The van der Waals surface area contributed by atoms with Crippen LogP contribution >= 0.6 is 0 Å². The lowest BCUT2D eigenvalue weighted by atomic mass is 9.89. The van der Waals surface area contributed by atoms with Gasteiger partial charge in [-0.15, -0.1) is 0 Å². The Morgan fingerprint density at radius 1 is 1.39 bits per heavy atom. The van der Waals surface area contributed by atoms with Gasteiger partial charge in [0.25, 0.3) is 0 Å². The largest absolute Gasteiger partial charge is 0.379 e. The first-order valence-corrected chi connectivity index (χ1v) is 6.46. The Morgan fingerprint density at radius 2 is 1.94 bits per heavy atom. The predicted molar refractivity (Wildman–Crippen MR) is 68.9 cm³/mol. The molecule has 0 saturated carbocycles. The molecule has 1 aliphatic heterocycles. The first-order valence-electron chi connectivity index (χ1n) is 6.46. The highest BCUT2D eigenvalue weighted by atomic mass is 16.5. The first kappa shape index (κ1) is 14.9. The second-order valence-corrected chi connectivity index (χ2v) is 5.28. The number of nitrogens with zero attached hydrogens (tertiary/aromatic N) is 2. The van der Waals surface area contributed by atoms with Crippen molar-refractivity contribution in [3.63, 3.8) is 0 Å². The summed E-state index contributed by atoms with van der Waals surface area (Å²) >= 11 is 0. The molecule has 2 unspecified atom stereocenters. The van der Waals surface area contributed by atoms with Gasteiger partial charge < -0.3 is 10.1 Å². The van der Waals surface area contributed by atoms with Crippen molar-refractivity contribution in [1.29, 1.82) is 5.26 Å². The van der Waals surface area contributed by atoms with Crippen LogP contribution in [0.2, 0.25) is 0 Å². The second-order valence-electron chi connectivity index (χ2n) is 5.28. The third-order valence-corrected chi connectivity index (χ3v) is 3.74. The fraction of sp³-hybridized carbons (Fsp3) is 0.846. The molecule has 0 radical (unpaired) electrons. The molecular weight excluding hydrogens is 230 g/mol. The Hall–Kier alpha value is -1.12. The zero-order chi connectivity index (χ0) is 13.8. The fourth-order valence-electron chi connectivity index (χ4n) is 1.79. The van der Waals surface area contributed by atoms with Crippen LogP contribution < -0.4 is 5.32 Å². The first-order chi connectivity index (χ1) is 8.40. The summed E-state index contributed by atoms with van der Waals surface area (Å²) in [6.45, 7) is 10.4. The van der Waals surface area contributed by atoms with E-state index in [0.717, 1.165) is 13.1 Å². The number of hydrogen-bond acceptors (Lipinski definition) is 4. The molecule has 5 nitrogen and oxygen atoms in total. The maximum atomic E-state index is 12.2. The third-order valence-electron chi connectivity index (χ3n) is 3.74. The predicted octanol–water partition coefficient (Wildman–Crippen LogP) is 0.762. The number of amides is 1. The highest BCUT2D eigenvalue weighted by Gasteiger charge is 2.33. The minimum Gasteiger partial charge on any atom is -0.379 e. The molecule has 1 amide bonds. The van der Waals surface area contributed by atoms with E-state index in [-0.39, 0.29) is 17.9 Å². The molecule has 18 heavy (non-hydrogen) atoms. The quantitative estimate of drug-likeness (QED) is 0.803. The number of ether oxygens (including phenoxy) is 1. The summed E-state index contributed by atoms with van der Waals surface area (Å²) in [5, 5.41) is 12.1. The van der Waals surface area contributed by atoms with Crippen LogP contribution in [-0.2, 0) is 9.53 Å². The van der Waals surface area contributed by atoms with E-state index in [1.54, 1.807) is 6.92 Å². The van der Waals surface area contributed by atoms with Crippen molar-refractivity contribution in [2.45, 2.75) is 39.3 Å². The van der Waals surface area contributed by atoms with E-state index in [4.69, 9.17) is 4.74 Å². The minimum atomic E-state index is -0.808. The van der Waals surface area contributed by atoms with Gasteiger partial charge in [0.1, 0.15) is 5.54 Å². The van der Waals surface area contributed by atoms with Gasteiger partial charge in [0.15, 0.2) is 0 Å². The molecule has 1 saturated heterocycles. The Bertz CT molecular complexity index is 332. The van der Waals surface area contributed by atoms with Gasteiger partial charge in [-0.1, -0.05) is 13.8 Å². The van der Waals surface area contributed by atoms with Gasteiger partial charge in [0, 0.05) is 13.1 Å². The van der Waals surface area contributed by atoms with Crippen LogP contribution in [0.4, 0.5) is 0 Å². The Morgan fingerprint density at radius 3 is 2.39 bits per heavy atom. The topological polar surface area (TPSA) is 65.4 Å². The van der Waals surface area contributed by atoms with Crippen molar-refractivity contribution in [2.75, 3.05) is 26.3 Å². The number of morpholine rings is 1. The molecular formula is C13H23N3O2. The molecule has 2 atom stereocenters. The van der Waals surface area contributed by atoms with E-state index in [1.165, 1.54) is 0 Å². The summed E-state index contributed by atoms with van der Waals surface area (Å²) in [5.74, 6) is -0.0158. The van der Waals surface area contributed by atoms with Gasteiger partial charge in [-0.2, -0.15) is 5.26 Å². The molecule has 0 aliphatic carbocycles. The summed E-state index contributed by atoms with van der Waals surface area (Å²) in [5.41, 5.74) is -0.808. The summed E-state index contributed by atoms with van der Waals surface area (Å²) in [7, 11) is 0. The summed E-state index contributed by atoms with van der Waals surface area (Å²) in [6, 6.07) is 1.97. The minimum absolute atomic E-state index is 0.0725. The lowest BCUT2D eigenvalue weighted by Crippen LogP contribution is -2.56. The molecule has 0 aromatic heterocycles. The van der Waals surface area contributed by atoms with Crippen molar-refractivity contribution in [3.8, 4) is 6.07 Å². The molecule has 0 spiro atoms. The van der Waals surface area contributed by atoms with E-state index >= 15 is 0 Å². The molecule has 0 bridgehead atoms. The summed E-state index contributed by atoms with van der Waals surface area (Å²) in [6.07, 6.45) is 0. The van der Waals surface area contributed by atoms with Crippen LogP contribution in [0.1, 0.15) is 27.7 Å². The van der Waals surface area contributed by atoms with Crippen LogP contribution in [0, 0.1) is 17.2 Å². The van der Waals surface area contributed by atoms with Crippen molar-refractivity contribution in [2.24, 2.45) is 5.92 Å². The highest BCUT2D eigenvalue weighted by Crippen LogP contribution is 2.16. The van der Waals surface area contributed by atoms with Gasteiger partial charge in [-0.3, -0.25) is 9.69 Å². The molecule has 5 heteroatoms. The average molecular weight is 253 g/mol. The Balaban J connectivity index is 2.61. The summed E-state index contributed by atoms with van der Waals surface area (Å²) in [4.78, 5) is 14.3. The molecule has 1 rings (SSSR count). The maximum Gasteiger partial charge on any atom is 0.238 e.